The number of aliphatic carboxylic acids is 1. The van der Waals surface area contributed by atoms with Gasteiger partial charge in [0.15, 0.2) is 0 Å². The van der Waals surface area contributed by atoms with Crippen LogP contribution in [0, 0.1) is 0 Å². The van der Waals surface area contributed by atoms with Crippen molar-refractivity contribution in [2.75, 3.05) is 6.54 Å². The zero-order valence-corrected chi connectivity index (χ0v) is 12.0. The number of para-hydroxylation sites is 1. The standard InChI is InChI=1S/C16H21NO4/c18-14-7-2-1-5-12(14)8-9-15(19)17-10-4-3-6-13(17)11-16(20)21/h1-2,5,7,13,18H,3-4,6,8-11H2,(H,20,21). The number of aryl methyl sites for hydroxylation is 1. The van der Waals surface area contributed by atoms with Crippen molar-refractivity contribution in [3.8, 4) is 5.75 Å². The van der Waals surface area contributed by atoms with Gasteiger partial charge in [-0.1, -0.05) is 18.2 Å². The quantitative estimate of drug-likeness (QED) is 0.871. The van der Waals surface area contributed by atoms with Crippen molar-refractivity contribution < 1.29 is 19.8 Å². The minimum atomic E-state index is -0.861. The largest absolute Gasteiger partial charge is 0.508 e. The normalized spacial score (nSPS) is 18.5. The van der Waals surface area contributed by atoms with Crippen LogP contribution < -0.4 is 0 Å². The Hall–Kier alpha value is -2.04. The topological polar surface area (TPSA) is 77.8 Å². The summed E-state index contributed by atoms with van der Waals surface area (Å²) in [5.41, 5.74) is 0.748. The van der Waals surface area contributed by atoms with E-state index in [1.165, 1.54) is 0 Å². The summed E-state index contributed by atoms with van der Waals surface area (Å²) >= 11 is 0. The molecular formula is C16H21NO4. The molecule has 1 atom stereocenters. The number of nitrogens with zero attached hydrogens (tertiary/aromatic N) is 1. The van der Waals surface area contributed by atoms with Crippen molar-refractivity contribution in [3.05, 3.63) is 29.8 Å². The van der Waals surface area contributed by atoms with E-state index in [2.05, 4.69) is 0 Å². The molecule has 0 spiro atoms. The minimum Gasteiger partial charge on any atom is -0.508 e. The monoisotopic (exact) mass is 291 g/mol. The summed E-state index contributed by atoms with van der Waals surface area (Å²) in [6, 6.07) is 6.79. The molecule has 2 N–H and O–H groups in total. The molecule has 0 radical (unpaired) electrons. The van der Waals surface area contributed by atoms with E-state index in [1.54, 1.807) is 23.1 Å². The van der Waals surface area contributed by atoms with E-state index >= 15 is 0 Å². The molecule has 1 aromatic rings. The number of carbonyl (C=O) groups excluding carboxylic acids is 1. The Morgan fingerprint density at radius 2 is 2.00 bits per heavy atom. The molecule has 1 saturated heterocycles. The molecule has 5 heteroatoms. The lowest BCUT2D eigenvalue weighted by atomic mass is 9.98. The predicted octanol–water partition coefficient (Wildman–Crippen LogP) is 2.18. The molecule has 0 aliphatic carbocycles. The van der Waals surface area contributed by atoms with E-state index in [4.69, 9.17) is 5.11 Å². The second-order valence-electron chi connectivity index (χ2n) is 5.46. The Morgan fingerprint density at radius 1 is 1.24 bits per heavy atom. The first-order valence-electron chi connectivity index (χ1n) is 7.36. The highest BCUT2D eigenvalue weighted by atomic mass is 16.4. The van der Waals surface area contributed by atoms with Crippen molar-refractivity contribution >= 4 is 11.9 Å². The van der Waals surface area contributed by atoms with Crippen LogP contribution in [0.1, 0.15) is 37.7 Å². The third-order valence-corrected chi connectivity index (χ3v) is 3.96. The van der Waals surface area contributed by atoms with Gasteiger partial charge in [-0.15, -0.1) is 0 Å². The maximum Gasteiger partial charge on any atom is 0.305 e. The van der Waals surface area contributed by atoms with Gasteiger partial charge >= 0.3 is 5.97 Å². The maximum atomic E-state index is 12.3. The zero-order chi connectivity index (χ0) is 15.2. The van der Waals surface area contributed by atoms with Crippen LogP contribution in [0.4, 0.5) is 0 Å². The molecule has 1 aromatic carbocycles. The maximum absolute atomic E-state index is 12.3. The molecule has 1 aliphatic heterocycles. The second kappa shape index (κ2) is 7.11. The number of phenols is 1. The van der Waals surface area contributed by atoms with Gasteiger partial charge in [0, 0.05) is 19.0 Å². The Bertz CT molecular complexity index is 515. The molecule has 0 aromatic heterocycles. The van der Waals surface area contributed by atoms with E-state index < -0.39 is 5.97 Å². The lowest BCUT2D eigenvalue weighted by Crippen LogP contribution is -2.44. The van der Waals surface area contributed by atoms with Gasteiger partial charge in [-0.3, -0.25) is 9.59 Å². The molecule has 2 rings (SSSR count). The van der Waals surface area contributed by atoms with Crippen molar-refractivity contribution in [1.82, 2.24) is 4.90 Å². The van der Waals surface area contributed by atoms with Crippen LogP contribution in [-0.4, -0.2) is 39.6 Å². The molecule has 114 valence electrons. The van der Waals surface area contributed by atoms with Gasteiger partial charge in [0.05, 0.1) is 6.42 Å². The highest BCUT2D eigenvalue weighted by Gasteiger charge is 2.28. The van der Waals surface area contributed by atoms with Crippen LogP contribution in [-0.2, 0) is 16.0 Å². The first-order valence-corrected chi connectivity index (χ1v) is 7.36. The number of carboxylic acid groups (broad SMARTS) is 1. The summed E-state index contributed by atoms with van der Waals surface area (Å²) in [5.74, 6) is -0.685. The van der Waals surface area contributed by atoms with Gasteiger partial charge in [-0.2, -0.15) is 0 Å². The van der Waals surface area contributed by atoms with Gasteiger partial charge in [-0.25, -0.2) is 0 Å². The lowest BCUT2D eigenvalue weighted by Gasteiger charge is -2.35. The van der Waals surface area contributed by atoms with Crippen LogP contribution >= 0.6 is 0 Å². The van der Waals surface area contributed by atoms with Gasteiger partial charge in [0.2, 0.25) is 5.91 Å². The Morgan fingerprint density at radius 3 is 2.71 bits per heavy atom. The van der Waals surface area contributed by atoms with Crippen LogP contribution in [0.5, 0.6) is 5.75 Å². The molecule has 5 nitrogen and oxygen atoms in total. The van der Waals surface area contributed by atoms with Gasteiger partial charge in [-0.05, 0) is 37.3 Å². The molecule has 1 fully saturated rings. The number of hydrogen-bond donors (Lipinski definition) is 2. The molecule has 1 heterocycles. The third-order valence-electron chi connectivity index (χ3n) is 3.96. The number of phenolic OH excluding ortho intramolecular Hbond substituents is 1. The smallest absolute Gasteiger partial charge is 0.305 e. The van der Waals surface area contributed by atoms with Crippen molar-refractivity contribution in [3.63, 3.8) is 0 Å². The summed E-state index contributed by atoms with van der Waals surface area (Å²) in [5, 5.41) is 18.6. The van der Waals surface area contributed by atoms with Gasteiger partial charge in [0.25, 0.3) is 0 Å². The van der Waals surface area contributed by atoms with Crippen LogP contribution in [0.3, 0.4) is 0 Å². The highest BCUT2D eigenvalue weighted by Crippen LogP contribution is 2.22. The molecule has 1 aliphatic rings. The van der Waals surface area contributed by atoms with E-state index in [9.17, 15) is 14.7 Å². The number of piperidine rings is 1. The molecule has 0 saturated carbocycles. The Labute approximate surface area is 124 Å². The number of aromatic hydroxyl groups is 1. The predicted molar refractivity (Wildman–Crippen MR) is 78.0 cm³/mol. The summed E-state index contributed by atoms with van der Waals surface area (Å²) in [7, 11) is 0. The number of rotatable bonds is 5. The van der Waals surface area contributed by atoms with E-state index in [-0.39, 0.29) is 24.1 Å². The molecule has 21 heavy (non-hydrogen) atoms. The summed E-state index contributed by atoms with van der Waals surface area (Å²) in [6.07, 6.45) is 3.45. The minimum absolute atomic E-state index is 0.0162. The second-order valence-corrected chi connectivity index (χ2v) is 5.46. The number of carbonyl (C=O) groups is 2. The molecule has 0 bridgehead atoms. The van der Waals surface area contributed by atoms with Crippen LogP contribution in [0.25, 0.3) is 0 Å². The fourth-order valence-electron chi connectivity index (χ4n) is 2.85. The molecule has 1 amide bonds. The summed E-state index contributed by atoms with van der Waals surface area (Å²) < 4.78 is 0. The van der Waals surface area contributed by atoms with E-state index in [0.717, 1.165) is 24.8 Å². The SMILES string of the molecule is O=C(O)CC1CCCCN1C(=O)CCc1ccccc1O. The number of carboxylic acids is 1. The average Bonchev–Trinajstić information content (AvgIpc) is 2.46. The van der Waals surface area contributed by atoms with Crippen molar-refractivity contribution in [2.45, 2.75) is 44.6 Å². The van der Waals surface area contributed by atoms with Crippen molar-refractivity contribution in [2.24, 2.45) is 0 Å². The van der Waals surface area contributed by atoms with Gasteiger partial charge < -0.3 is 15.1 Å². The van der Waals surface area contributed by atoms with E-state index in [1.807, 2.05) is 6.07 Å². The van der Waals surface area contributed by atoms with Crippen LogP contribution in [0.15, 0.2) is 24.3 Å². The van der Waals surface area contributed by atoms with Crippen LogP contribution in [0.2, 0.25) is 0 Å². The van der Waals surface area contributed by atoms with E-state index in [0.29, 0.717) is 19.4 Å². The number of benzene rings is 1. The van der Waals surface area contributed by atoms with Gasteiger partial charge in [0.1, 0.15) is 5.75 Å². The zero-order valence-electron chi connectivity index (χ0n) is 12.0. The fraction of sp³-hybridized carbons (Fsp3) is 0.500. The Kier molecular flexibility index (Phi) is 5.20. The lowest BCUT2D eigenvalue weighted by molar-refractivity contribution is -0.141. The third kappa shape index (κ3) is 4.21. The molecular weight excluding hydrogens is 270 g/mol. The highest BCUT2D eigenvalue weighted by molar-refractivity contribution is 5.78. The Balaban J connectivity index is 1.94. The number of hydrogen-bond acceptors (Lipinski definition) is 3. The summed E-state index contributed by atoms with van der Waals surface area (Å²) in [6.45, 7) is 0.636. The molecule has 1 unspecified atom stereocenters. The first kappa shape index (κ1) is 15.4. The average molecular weight is 291 g/mol. The number of likely N-dealkylation sites (tertiary alicyclic amines) is 1. The summed E-state index contributed by atoms with van der Waals surface area (Å²) in [4.78, 5) is 24.9. The number of amides is 1. The first-order chi connectivity index (χ1) is 10.1. The fourth-order valence-corrected chi connectivity index (χ4v) is 2.85. The van der Waals surface area contributed by atoms with Crippen molar-refractivity contribution in [1.29, 1.82) is 0 Å².